The number of ketones is 1. The van der Waals surface area contributed by atoms with Crippen LogP contribution in [0.1, 0.15) is 50.6 Å². The molecule has 0 spiro atoms. The number of carbonyl (C=O) groups excluding carboxylic acids is 1. The van der Waals surface area contributed by atoms with E-state index in [1.54, 1.807) is 18.0 Å². The summed E-state index contributed by atoms with van der Waals surface area (Å²) in [7, 11) is 1.56. The Kier molecular flexibility index (Phi) is 5.34. The van der Waals surface area contributed by atoms with Crippen molar-refractivity contribution in [1.82, 2.24) is 15.1 Å². The second-order valence-electron chi connectivity index (χ2n) is 4.69. The van der Waals surface area contributed by atoms with Crippen LogP contribution >= 0.6 is 0 Å². The summed E-state index contributed by atoms with van der Waals surface area (Å²) in [6.07, 6.45) is 2.05. The van der Waals surface area contributed by atoms with Crippen molar-refractivity contribution >= 4 is 5.78 Å². The summed E-state index contributed by atoms with van der Waals surface area (Å²) in [5.74, 6) is 0.615. The molecule has 1 atom stereocenters. The van der Waals surface area contributed by atoms with Crippen molar-refractivity contribution in [2.45, 2.75) is 46.2 Å². The quantitative estimate of drug-likeness (QED) is 0.756. The van der Waals surface area contributed by atoms with Gasteiger partial charge in [0.1, 0.15) is 5.69 Å². The molecule has 5 heteroatoms. The molecule has 1 N–H and O–H groups in total. The van der Waals surface area contributed by atoms with Gasteiger partial charge in [0, 0.05) is 18.5 Å². The van der Waals surface area contributed by atoms with Crippen molar-refractivity contribution in [3.05, 3.63) is 11.9 Å². The number of hydrogen-bond donors (Lipinski definition) is 1. The molecule has 0 amide bonds. The molecule has 0 aliphatic rings. The van der Waals surface area contributed by atoms with Crippen molar-refractivity contribution in [1.29, 1.82) is 0 Å². The zero-order chi connectivity index (χ0) is 13.7. The first kappa shape index (κ1) is 14.7. The summed E-state index contributed by atoms with van der Waals surface area (Å²) in [5.41, 5.74) is 0.567. The van der Waals surface area contributed by atoms with Gasteiger partial charge in [0.15, 0.2) is 11.5 Å². The highest BCUT2D eigenvalue weighted by Crippen LogP contribution is 2.22. The molecule has 0 radical (unpaired) electrons. The summed E-state index contributed by atoms with van der Waals surface area (Å²) in [6, 6.07) is 0.296. The molecule has 0 saturated carbocycles. The Hall–Kier alpha value is -1.36. The van der Waals surface area contributed by atoms with Crippen LogP contribution in [0.2, 0.25) is 0 Å². The summed E-state index contributed by atoms with van der Waals surface area (Å²) >= 11 is 0. The van der Waals surface area contributed by atoms with Crippen LogP contribution < -0.4 is 10.1 Å². The maximum absolute atomic E-state index is 12.3. The number of carbonyl (C=O) groups is 1. The van der Waals surface area contributed by atoms with Crippen LogP contribution in [0.4, 0.5) is 0 Å². The van der Waals surface area contributed by atoms with Gasteiger partial charge in [-0.15, -0.1) is 0 Å². The van der Waals surface area contributed by atoms with Crippen LogP contribution in [0.15, 0.2) is 6.20 Å². The van der Waals surface area contributed by atoms with Crippen LogP contribution in [0.3, 0.4) is 0 Å². The number of Topliss-reactive ketones (excluding diaryl/α,β-unsaturated/α-hetero) is 1. The third-order valence-corrected chi connectivity index (χ3v) is 2.78. The second-order valence-corrected chi connectivity index (χ2v) is 4.69. The topological polar surface area (TPSA) is 56.1 Å². The van der Waals surface area contributed by atoms with Gasteiger partial charge in [-0.25, -0.2) is 0 Å². The first-order chi connectivity index (χ1) is 8.51. The summed E-state index contributed by atoms with van der Waals surface area (Å²) in [4.78, 5) is 12.3. The van der Waals surface area contributed by atoms with Gasteiger partial charge >= 0.3 is 0 Å². The normalized spacial score (nSPS) is 12.8. The van der Waals surface area contributed by atoms with E-state index >= 15 is 0 Å². The van der Waals surface area contributed by atoms with E-state index < -0.39 is 0 Å². The Balaban J connectivity index is 2.92. The van der Waals surface area contributed by atoms with Crippen molar-refractivity contribution in [2.24, 2.45) is 0 Å². The van der Waals surface area contributed by atoms with E-state index in [1.165, 1.54) is 0 Å². The second kappa shape index (κ2) is 6.54. The van der Waals surface area contributed by atoms with Crippen molar-refractivity contribution < 1.29 is 9.53 Å². The highest BCUT2D eigenvalue weighted by molar-refractivity contribution is 5.97. The molecule has 0 aliphatic carbocycles. The summed E-state index contributed by atoms with van der Waals surface area (Å²) in [6.45, 7) is 8.88. The number of nitrogens with one attached hydrogen (secondary N) is 1. The fourth-order valence-corrected chi connectivity index (χ4v) is 1.95. The van der Waals surface area contributed by atoms with Crippen molar-refractivity contribution in [3.63, 3.8) is 0 Å². The lowest BCUT2D eigenvalue weighted by Crippen LogP contribution is -2.29. The zero-order valence-electron chi connectivity index (χ0n) is 11.9. The van der Waals surface area contributed by atoms with E-state index in [0.717, 1.165) is 6.54 Å². The molecule has 0 aromatic carbocycles. The molecule has 1 heterocycles. The fourth-order valence-electron chi connectivity index (χ4n) is 1.95. The van der Waals surface area contributed by atoms with Crippen molar-refractivity contribution in [2.75, 3.05) is 13.7 Å². The van der Waals surface area contributed by atoms with Crippen LogP contribution in [0.25, 0.3) is 0 Å². The summed E-state index contributed by atoms with van der Waals surface area (Å²) < 4.78 is 6.94. The Labute approximate surface area is 109 Å². The van der Waals surface area contributed by atoms with Crippen LogP contribution in [0, 0.1) is 0 Å². The van der Waals surface area contributed by atoms with Crippen LogP contribution in [0.5, 0.6) is 5.75 Å². The molecular formula is C13H23N3O2. The average molecular weight is 253 g/mol. The molecule has 102 valence electrons. The Morgan fingerprint density at radius 2 is 2.17 bits per heavy atom. The number of hydrogen-bond acceptors (Lipinski definition) is 4. The molecule has 0 saturated heterocycles. The van der Waals surface area contributed by atoms with Crippen LogP contribution in [-0.4, -0.2) is 35.3 Å². The molecule has 0 bridgehead atoms. The van der Waals surface area contributed by atoms with Gasteiger partial charge in [-0.05, 0) is 27.3 Å². The SMILES string of the molecule is CCNC(C)CC(=O)c1c(OC)cnn1C(C)C. The molecule has 1 aromatic rings. The first-order valence-electron chi connectivity index (χ1n) is 6.39. The number of methoxy groups -OCH3 is 1. The summed E-state index contributed by atoms with van der Waals surface area (Å²) in [5, 5.41) is 7.44. The molecule has 0 fully saturated rings. The molecule has 1 rings (SSSR count). The standard InChI is InChI=1S/C13H23N3O2/c1-6-14-10(4)7-11(17)13-12(18-5)8-15-16(13)9(2)3/h8-10,14H,6-7H2,1-5H3. The molecule has 5 nitrogen and oxygen atoms in total. The lowest BCUT2D eigenvalue weighted by Gasteiger charge is -2.14. The smallest absolute Gasteiger partial charge is 0.186 e. The predicted octanol–water partition coefficient (Wildman–Crippen LogP) is 2.04. The lowest BCUT2D eigenvalue weighted by molar-refractivity contribution is 0.0956. The Morgan fingerprint density at radius 3 is 2.67 bits per heavy atom. The Bertz CT molecular complexity index is 399. The van der Waals surface area contributed by atoms with E-state index in [9.17, 15) is 4.79 Å². The van der Waals surface area contributed by atoms with Gasteiger partial charge in [-0.2, -0.15) is 5.10 Å². The van der Waals surface area contributed by atoms with E-state index in [4.69, 9.17) is 4.74 Å². The van der Waals surface area contributed by atoms with Gasteiger partial charge in [-0.3, -0.25) is 9.48 Å². The van der Waals surface area contributed by atoms with Gasteiger partial charge in [0.25, 0.3) is 0 Å². The predicted molar refractivity (Wildman–Crippen MR) is 71.3 cm³/mol. The van der Waals surface area contributed by atoms with Gasteiger partial charge in [-0.1, -0.05) is 6.92 Å². The highest BCUT2D eigenvalue weighted by Gasteiger charge is 2.22. The van der Waals surface area contributed by atoms with E-state index in [-0.39, 0.29) is 17.9 Å². The molecule has 1 aromatic heterocycles. The van der Waals surface area contributed by atoms with E-state index in [1.807, 2.05) is 27.7 Å². The van der Waals surface area contributed by atoms with Gasteiger partial charge in [0.05, 0.1) is 13.3 Å². The lowest BCUT2D eigenvalue weighted by atomic mass is 10.1. The fraction of sp³-hybridized carbons (Fsp3) is 0.692. The monoisotopic (exact) mass is 253 g/mol. The minimum absolute atomic E-state index is 0.0616. The van der Waals surface area contributed by atoms with E-state index in [0.29, 0.717) is 17.9 Å². The minimum Gasteiger partial charge on any atom is -0.493 e. The average Bonchev–Trinajstić information content (AvgIpc) is 2.72. The maximum atomic E-state index is 12.3. The van der Waals surface area contributed by atoms with E-state index in [2.05, 4.69) is 10.4 Å². The largest absolute Gasteiger partial charge is 0.493 e. The number of ether oxygens (including phenoxy) is 1. The zero-order valence-corrected chi connectivity index (χ0v) is 11.9. The Morgan fingerprint density at radius 1 is 1.50 bits per heavy atom. The molecular weight excluding hydrogens is 230 g/mol. The third kappa shape index (κ3) is 3.32. The maximum Gasteiger partial charge on any atom is 0.186 e. The highest BCUT2D eigenvalue weighted by atomic mass is 16.5. The van der Waals surface area contributed by atoms with Gasteiger partial charge < -0.3 is 10.1 Å². The van der Waals surface area contributed by atoms with Gasteiger partial charge in [0.2, 0.25) is 0 Å². The molecule has 1 unspecified atom stereocenters. The number of nitrogens with zero attached hydrogens (tertiary/aromatic N) is 2. The van der Waals surface area contributed by atoms with Crippen molar-refractivity contribution in [3.8, 4) is 5.75 Å². The minimum atomic E-state index is 0.0616. The number of aromatic nitrogens is 2. The third-order valence-electron chi connectivity index (χ3n) is 2.78. The van der Waals surface area contributed by atoms with Crippen LogP contribution in [-0.2, 0) is 0 Å². The molecule has 18 heavy (non-hydrogen) atoms. The first-order valence-corrected chi connectivity index (χ1v) is 6.39. The molecule has 0 aliphatic heterocycles. The number of rotatable bonds is 7.